The summed E-state index contributed by atoms with van der Waals surface area (Å²) in [7, 11) is 0. The minimum absolute atomic E-state index is 0.0462. The average molecular weight is 366 g/mol. The Hall–Kier alpha value is -2.48. The molecule has 0 aliphatic heterocycles. The summed E-state index contributed by atoms with van der Waals surface area (Å²) in [5.41, 5.74) is -0.0378. The number of rotatable bonds is 5. The van der Waals surface area contributed by atoms with Gasteiger partial charge in [-0.2, -0.15) is 0 Å². The molecule has 1 atom stereocenters. The van der Waals surface area contributed by atoms with Gasteiger partial charge in [0.2, 0.25) is 0 Å². The molecule has 0 aliphatic carbocycles. The maximum atomic E-state index is 13.2. The number of carboxylic acid groups (broad SMARTS) is 1. The maximum Gasteiger partial charge on any atom is 0.408 e. The predicted molar refractivity (Wildman–Crippen MR) is 91.3 cm³/mol. The molecule has 1 aromatic heterocycles. The van der Waals surface area contributed by atoms with Gasteiger partial charge in [-0.15, -0.1) is 11.3 Å². The van der Waals surface area contributed by atoms with Gasteiger partial charge in [0.1, 0.15) is 11.4 Å². The lowest BCUT2D eigenvalue weighted by molar-refractivity contribution is 0.0502. The zero-order chi connectivity index (χ0) is 18.6. The number of hydrogen-bond donors (Lipinski definition) is 2. The Labute approximate surface area is 148 Å². The fraction of sp³-hybridized carbons (Fsp3) is 0.353. The zero-order valence-electron chi connectivity index (χ0n) is 14.1. The lowest BCUT2D eigenvalue weighted by Crippen LogP contribution is -2.35. The van der Waals surface area contributed by atoms with Crippen LogP contribution in [0.3, 0.4) is 0 Å². The van der Waals surface area contributed by atoms with Gasteiger partial charge in [0.05, 0.1) is 11.0 Å². The van der Waals surface area contributed by atoms with Crippen molar-refractivity contribution in [2.45, 2.75) is 38.8 Å². The number of aromatic nitrogens is 1. The molecule has 1 heterocycles. The van der Waals surface area contributed by atoms with Crippen LogP contribution in [-0.4, -0.2) is 27.8 Å². The number of ether oxygens (including phenoxy) is 1. The standard InChI is InChI=1S/C17H19FN2O4S/c1-17(2,3)24-16(23)20-12(10-4-6-11(18)7-5-10)8-14-19-13(9-25-14)15(21)22/h4-7,9,12H,8H2,1-3H3,(H,20,23)(H,21,22). The van der Waals surface area contributed by atoms with Crippen LogP contribution in [0, 0.1) is 5.82 Å². The third kappa shape index (κ3) is 5.82. The molecule has 0 radical (unpaired) electrons. The molecular weight excluding hydrogens is 347 g/mol. The molecule has 8 heteroatoms. The summed E-state index contributed by atoms with van der Waals surface area (Å²) in [6.07, 6.45) is -0.347. The fourth-order valence-corrected chi connectivity index (χ4v) is 2.89. The van der Waals surface area contributed by atoms with E-state index in [0.717, 1.165) is 0 Å². The topological polar surface area (TPSA) is 88.5 Å². The maximum absolute atomic E-state index is 13.2. The predicted octanol–water partition coefficient (Wildman–Crippen LogP) is 3.79. The van der Waals surface area contributed by atoms with Gasteiger partial charge in [-0.3, -0.25) is 0 Å². The van der Waals surface area contributed by atoms with E-state index in [1.54, 1.807) is 32.9 Å². The van der Waals surface area contributed by atoms with E-state index in [2.05, 4.69) is 10.3 Å². The number of thiazole rings is 1. The first-order chi connectivity index (χ1) is 11.6. The number of amides is 1. The van der Waals surface area contributed by atoms with Gasteiger partial charge in [0, 0.05) is 11.8 Å². The van der Waals surface area contributed by atoms with E-state index in [-0.39, 0.29) is 17.9 Å². The molecule has 134 valence electrons. The van der Waals surface area contributed by atoms with Gasteiger partial charge >= 0.3 is 12.1 Å². The number of hydrogen-bond acceptors (Lipinski definition) is 5. The lowest BCUT2D eigenvalue weighted by Gasteiger charge is -2.23. The number of carbonyl (C=O) groups excluding carboxylic acids is 1. The highest BCUT2D eigenvalue weighted by molar-refractivity contribution is 7.09. The largest absolute Gasteiger partial charge is 0.476 e. The molecule has 2 aromatic rings. The molecule has 0 aliphatic rings. The molecule has 0 saturated carbocycles. The van der Waals surface area contributed by atoms with Crippen molar-refractivity contribution in [3.63, 3.8) is 0 Å². The lowest BCUT2D eigenvalue weighted by atomic mass is 10.0. The molecule has 0 saturated heterocycles. The summed E-state index contributed by atoms with van der Waals surface area (Å²) in [4.78, 5) is 27.1. The Morgan fingerprint density at radius 1 is 1.32 bits per heavy atom. The summed E-state index contributed by atoms with van der Waals surface area (Å²) < 4.78 is 18.4. The number of carbonyl (C=O) groups is 2. The number of alkyl carbamates (subject to hydrolysis) is 1. The third-order valence-electron chi connectivity index (χ3n) is 3.11. The Kier molecular flexibility index (Phi) is 5.73. The van der Waals surface area contributed by atoms with Crippen molar-refractivity contribution in [3.05, 3.63) is 51.7 Å². The molecule has 1 unspecified atom stereocenters. The zero-order valence-corrected chi connectivity index (χ0v) is 14.9. The molecule has 2 rings (SSSR count). The fourth-order valence-electron chi connectivity index (χ4n) is 2.07. The quantitative estimate of drug-likeness (QED) is 0.840. The van der Waals surface area contributed by atoms with Crippen LogP contribution < -0.4 is 5.32 Å². The number of nitrogens with one attached hydrogen (secondary N) is 1. The monoisotopic (exact) mass is 366 g/mol. The Balaban J connectivity index is 2.20. The summed E-state index contributed by atoms with van der Waals surface area (Å²) in [6, 6.07) is 5.18. The normalized spacial score (nSPS) is 12.5. The molecular formula is C17H19FN2O4S. The van der Waals surface area contributed by atoms with Crippen molar-refractivity contribution in [2.24, 2.45) is 0 Å². The van der Waals surface area contributed by atoms with Crippen molar-refractivity contribution >= 4 is 23.4 Å². The highest BCUT2D eigenvalue weighted by Crippen LogP contribution is 2.22. The van der Waals surface area contributed by atoms with E-state index in [0.29, 0.717) is 10.6 Å². The van der Waals surface area contributed by atoms with Gasteiger partial charge in [-0.05, 0) is 38.5 Å². The van der Waals surface area contributed by atoms with E-state index >= 15 is 0 Å². The third-order valence-corrected chi connectivity index (χ3v) is 3.98. The Morgan fingerprint density at radius 2 is 1.96 bits per heavy atom. The van der Waals surface area contributed by atoms with E-state index in [9.17, 15) is 14.0 Å². The van der Waals surface area contributed by atoms with E-state index in [1.165, 1.54) is 28.8 Å². The SMILES string of the molecule is CC(C)(C)OC(=O)NC(Cc1nc(C(=O)O)cs1)c1ccc(F)cc1. The van der Waals surface area contributed by atoms with Gasteiger partial charge in [0.15, 0.2) is 5.69 Å². The van der Waals surface area contributed by atoms with E-state index < -0.39 is 23.7 Å². The van der Waals surface area contributed by atoms with Gasteiger partial charge < -0.3 is 15.2 Å². The van der Waals surface area contributed by atoms with Crippen LogP contribution in [0.2, 0.25) is 0 Å². The molecule has 6 nitrogen and oxygen atoms in total. The summed E-state index contributed by atoms with van der Waals surface area (Å²) >= 11 is 1.19. The van der Waals surface area contributed by atoms with Crippen LogP contribution in [0.5, 0.6) is 0 Å². The highest BCUT2D eigenvalue weighted by atomic mass is 32.1. The first kappa shape index (κ1) is 18.9. The van der Waals surface area contributed by atoms with Crippen LogP contribution in [0.15, 0.2) is 29.6 Å². The molecule has 1 amide bonds. The van der Waals surface area contributed by atoms with Gasteiger partial charge in [0.25, 0.3) is 0 Å². The van der Waals surface area contributed by atoms with Crippen molar-refractivity contribution in [1.29, 1.82) is 0 Å². The van der Waals surface area contributed by atoms with E-state index in [1.807, 2.05) is 0 Å². The molecule has 0 fully saturated rings. The first-order valence-corrected chi connectivity index (χ1v) is 8.44. The summed E-state index contributed by atoms with van der Waals surface area (Å²) in [5.74, 6) is -1.50. The second kappa shape index (κ2) is 7.60. The summed E-state index contributed by atoms with van der Waals surface area (Å²) in [5, 5.41) is 13.7. The van der Waals surface area contributed by atoms with Crippen LogP contribution in [0.4, 0.5) is 9.18 Å². The van der Waals surface area contributed by atoms with Gasteiger partial charge in [-0.25, -0.2) is 19.0 Å². The highest BCUT2D eigenvalue weighted by Gasteiger charge is 2.22. The minimum atomic E-state index is -1.11. The minimum Gasteiger partial charge on any atom is -0.476 e. The Morgan fingerprint density at radius 3 is 2.48 bits per heavy atom. The first-order valence-electron chi connectivity index (χ1n) is 7.57. The molecule has 0 bridgehead atoms. The number of halogens is 1. The van der Waals surface area contributed by atoms with Crippen LogP contribution in [-0.2, 0) is 11.2 Å². The molecule has 0 spiro atoms. The van der Waals surface area contributed by atoms with Crippen molar-refractivity contribution < 1.29 is 23.8 Å². The molecule has 25 heavy (non-hydrogen) atoms. The number of benzene rings is 1. The van der Waals surface area contributed by atoms with Crippen LogP contribution >= 0.6 is 11.3 Å². The second-order valence-corrected chi connectivity index (χ2v) is 7.33. The smallest absolute Gasteiger partial charge is 0.408 e. The number of nitrogens with zero attached hydrogens (tertiary/aromatic N) is 1. The van der Waals surface area contributed by atoms with Crippen molar-refractivity contribution in [3.8, 4) is 0 Å². The number of aromatic carboxylic acids is 1. The van der Waals surface area contributed by atoms with Crippen molar-refractivity contribution in [2.75, 3.05) is 0 Å². The molecule has 1 aromatic carbocycles. The summed E-state index contributed by atoms with van der Waals surface area (Å²) in [6.45, 7) is 5.25. The van der Waals surface area contributed by atoms with Crippen LogP contribution in [0.25, 0.3) is 0 Å². The number of carboxylic acids is 1. The second-order valence-electron chi connectivity index (χ2n) is 6.39. The van der Waals surface area contributed by atoms with Crippen LogP contribution in [0.1, 0.15) is 47.9 Å². The van der Waals surface area contributed by atoms with Crippen molar-refractivity contribution in [1.82, 2.24) is 10.3 Å². The average Bonchev–Trinajstić information content (AvgIpc) is 2.94. The molecule has 2 N–H and O–H groups in total. The Bertz CT molecular complexity index is 753. The van der Waals surface area contributed by atoms with E-state index in [4.69, 9.17) is 9.84 Å². The van der Waals surface area contributed by atoms with Gasteiger partial charge in [-0.1, -0.05) is 12.1 Å².